The van der Waals surface area contributed by atoms with E-state index in [1.165, 1.54) is 0 Å². The Morgan fingerprint density at radius 3 is 2.33 bits per heavy atom. The van der Waals surface area contributed by atoms with Gasteiger partial charge in [-0.1, -0.05) is 0 Å². The van der Waals surface area contributed by atoms with Crippen molar-refractivity contribution in [2.45, 2.75) is 45.2 Å². The van der Waals surface area contributed by atoms with Crippen LogP contribution in [0.2, 0.25) is 0 Å². The molecule has 15 heavy (non-hydrogen) atoms. The summed E-state index contributed by atoms with van der Waals surface area (Å²) in [6, 6.07) is -0.124. The van der Waals surface area contributed by atoms with E-state index in [2.05, 4.69) is 10.6 Å². The third-order valence-electron chi connectivity index (χ3n) is 2.36. The SMILES string of the molecule is CNC(C)(C)C(=O)NC(C)CCC(=O)O. The summed E-state index contributed by atoms with van der Waals surface area (Å²) < 4.78 is 0. The maximum atomic E-state index is 11.6. The summed E-state index contributed by atoms with van der Waals surface area (Å²) in [5.41, 5.74) is -0.627. The Hall–Kier alpha value is -1.10. The molecule has 0 aliphatic heterocycles. The number of nitrogens with one attached hydrogen (secondary N) is 2. The first-order valence-electron chi connectivity index (χ1n) is 5.01. The quantitative estimate of drug-likeness (QED) is 0.599. The molecule has 0 radical (unpaired) electrons. The molecule has 0 aliphatic carbocycles. The minimum atomic E-state index is -0.844. The van der Waals surface area contributed by atoms with Gasteiger partial charge in [-0.3, -0.25) is 9.59 Å². The maximum absolute atomic E-state index is 11.6. The lowest BCUT2D eigenvalue weighted by molar-refractivity contribution is -0.137. The summed E-state index contributed by atoms with van der Waals surface area (Å²) in [5.74, 6) is -0.966. The average molecular weight is 216 g/mol. The standard InChI is InChI=1S/C10H20N2O3/c1-7(5-6-8(13)14)12-9(15)10(2,3)11-4/h7,11H,5-6H2,1-4H3,(H,12,15)(H,13,14). The van der Waals surface area contributed by atoms with Crippen LogP contribution in [-0.2, 0) is 9.59 Å². The number of carboxylic acid groups (broad SMARTS) is 1. The number of hydrogen-bond acceptors (Lipinski definition) is 3. The second kappa shape index (κ2) is 5.70. The van der Waals surface area contributed by atoms with Crippen LogP contribution in [0, 0.1) is 0 Å². The molecule has 0 fully saturated rings. The van der Waals surface area contributed by atoms with Gasteiger partial charge in [0.05, 0.1) is 5.54 Å². The van der Waals surface area contributed by atoms with Gasteiger partial charge in [0.25, 0.3) is 0 Å². The number of carbonyl (C=O) groups is 2. The molecule has 0 heterocycles. The van der Waals surface area contributed by atoms with Crippen LogP contribution in [-0.4, -0.2) is 35.6 Å². The van der Waals surface area contributed by atoms with E-state index in [-0.39, 0.29) is 18.4 Å². The van der Waals surface area contributed by atoms with Gasteiger partial charge in [-0.25, -0.2) is 0 Å². The predicted molar refractivity (Wildman–Crippen MR) is 57.6 cm³/mol. The van der Waals surface area contributed by atoms with Crippen molar-refractivity contribution in [1.82, 2.24) is 10.6 Å². The molecule has 0 aromatic rings. The van der Waals surface area contributed by atoms with Crippen molar-refractivity contribution >= 4 is 11.9 Å². The van der Waals surface area contributed by atoms with E-state index in [0.717, 1.165) is 0 Å². The Bertz CT molecular complexity index is 239. The Morgan fingerprint density at radius 1 is 1.40 bits per heavy atom. The predicted octanol–water partition coefficient (Wildman–Crippen LogP) is 0.354. The minimum Gasteiger partial charge on any atom is -0.481 e. The molecule has 0 aliphatic rings. The maximum Gasteiger partial charge on any atom is 0.303 e. The summed E-state index contributed by atoms with van der Waals surface area (Å²) in [7, 11) is 1.71. The lowest BCUT2D eigenvalue weighted by Gasteiger charge is -2.25. The first-order valence-corrected chi connectivity index (χ1v) is 5.01. The van der Waals surface area contributed by atoms with Gasteiger partial charge in [0.1, 0.15) is 0 Å². The van der Waals surface area contributed by atoms with Crippen LogP contribution in [0.15, 0.2) is 0 Å². The summed E-state index contributed by atoms with van der Waals surface area (Å²) in [6.45, 7) is 5.34. The highest BCUT2D eigenvalue weighted by Gasteiger charge is 2.26. The Balaban J connectivity index is 4.01. The first-order chi connectivity index (χ1) is 6.79. The zero-order valence-corrected chi connectivity index (χ0v) is 9.76. The molecule has 0 aromatic heterocycles. The van der Waals surface area contributed by atoms with E-state index in [1.54, 1.807) is 27.8 Å². The third-order valence-corrected chi connectivity index (χ3v) is 2.36. The van der Waals surface area contributed by atoms with Crippen molar-refractivity contribution in [3.63, 3.8) is 0 Å². The molecule has 5 nitrogen and oxygen atoms in total. The zero-order valence-electron chi connectivity index (χ0n) is 9.76. The molecule has 1 atom stereocenters. The lowest BCUT2D eigenvalue weighted by atomic mass is 10.0. The van der Waals surface area contributed by atoms with Crippen LogP contribution in [0.5, 0.6) is 0 Å². The van der Waals surface area contributed by atoms with Crippen molar-refractivity contribution in [2.24, 2.45) is 0 Å². The molecule has 88 valence electrons. The number of rotatable bonds is 6. The normalized spacial score (nSPS) is 13.3. The molecule has 0 aromatic carbocycles. The van der Waals surface area contributed by atoms with E-state index >= 15 is 0 Å². The van der Waals surface area contributed by atoms with Crippen molar-refractivity contribution < 1.29 is 14.7 Å². The molecular weight excluding hydrogens is 196 g/mol. The molecule has 0 bridgehead atoms. The fraction of sp³-hybridized carbons (Fsp3) is 0.800. The lowest BCUT2D eigenvalue weighted by Crippen LogP contribution is -2.53. The summed E-state index contributed by atoms with van der Waals surface area (Å²) in [5, 5.41) is 14.1. The van der Waals surface area contributed by atoms with Gasteiger partial charge in [0.2, 0.25) is 5.91 Å². The summed E-state index contributed by atoms with van der Waals surface area (Å²) in [4.78, 5) is 21.9. The highest BCUT2D eigenvalue weighted by Crippen LogP contribution is 2.03. The first kappa shape index (κ1) is 13.9. The molecule has 0 spiro atoms. The number of carboxylic acids is 1. The fourth-order valence-corrected chi connectivity index (χ4v) is 0.930. The van der Waals surface area contributed by atoms with Crippen LogP contribution in [0.25, 0.3) is 0 Å². The Kier molecular flexibility index (Phi) is 5.28. The number of aliphatic carboxylic acids is 1. The molecule has 1 amide bonds. The number of carbonyl (C=O) groups excluding carboxylic acids is 1. The second-order valence-corrected chi connectivity index (χ2v) is 4.18. The van der Waals surface area contributed by atoms with E-state index in [0.29, 0.717) is 6.42 Å². The van der Waals surface area contributed by atoms with Crippen LogP contribution >= 0.6 is 0 Å². The van der Waals surface area contributed by atoms with Crippen molar-refractivity contribution in [3.8, 4) is 0 Å². The second-order valence-electron chi connectivity index (χ2n) is 4.18. The fourth-order valence-electron chi connectivity index (χ4n) is 0.930. The smallest absolute Gasteiger partial charge is 0.303 e. The monoisotopic (exact) mass is 216 g/mol. The van der Waals surface area contributed by atoms with Gasteiger partial charge in [-0.2, -0.15) is 0 Å². The molecule has 0 rings (SSSR count). The van der Waals surface area contributed by atoms with E-state index in [9.17, 15) is 9.59 Å². The van der Waals surface area contributed by atoms with Gasteiger partial charge in [-0.15, -0.1) is 0 Å². The average Bonchev–Trinajstić information content (AvgIpc) is 2.14. The summed E-state index contributed by atoms with van der Waals surface area (Å²) >= 11 is 0. The molecule has 0 saturated carbocycles. The Labute approximate surface area is 90.2 Å². The van der Waals surface area contributed by atoms with E-state index in [1.807, 2.05) is 0 Å². The molecule has 5 heteroatoms. The van der Waals surface area contributed by atoms with Gasteiger partial charge in [-0.05, 0) is 34.2 Å². The van der Waals surface area contributed by atoms with Crippen molar-refractivity contribution in [2.75, 3.05) is 7.05 Å². The van der Waals surface area contributed by atoms with Crippen molar-refractivity contribution in [1.29, 1.82) is 0 Å². The molecule has 1 unspecified atom stereocenters. The minimum absolute atomic E-state index is 0.0709. The largest absolute Gasteiger partial charge is 0.481 e. The molecule has 3 N–H and O–H groups in total. The van der Waals surface area contributed by atoms with Gasteiger partial charge < -0.3 is 15.7 Å². The number of likely N-dealkylation sites (N-methyl/N-ethyl adjacent to an activating group) is 1. The van der Waals surface area contributed by atoms with Gasteiger partial charge in [0.15, 0.2) is 0 Å². The number of amides is 1. The van der Waals surface area contributed by atoms with Crippen molar-refractivity contribution in [3.05, 3.63) is 0 Å². The van der Waals surface area contributed by atoms with Gasteiger partial charge in [0, 0.05) is 12.5 Å². The van der Waals surface area contributed by atoms with Gasteiger partial charge >= 0.3 is 5.97 Å². The molecule has 0 saturated heterocycles. The van der Waals surface area contributed by atoms with Crippen LogP contribution < -0.4 is 10.6 Å². The Morgan fingerprint density at radius 2 is 1.93 bits per heavy atom. The highest BCUT2D eigenvalue weighted by molar-refractivity contribution is 5.85. The number of hydrogen-bond donors (Lipinski definition) is 3. The van der Waals surface area contributed by atoms with Crippen LogP contribution in [0.1, 0.15) is 33.6 Å². The zero-order chi connectivity index (χ0) is 12.1. The van der Waals surface area contributed by atoms with E-state index in [4.69, 9.17) is 5.11 Å². The topological polar surface area (TPSA) is 78.4 Å². The highest BCUT2D eigenvalue weighted by atomic mass is 16.4. The molecular formula is C10H20N2O3. The van der Waals surface area contributed by atoms with E-state index < -0.39 is 11.5 Å². The third kappa shape index (κ3) is 5.37. The van der Waals surface area contributed by atoms with Crippen LogP contribution in [0.3, 0.4) is 0 Å². The summed E-state index contributed by atoms with van der Waals surface area (Å²) in [6.07, 6.45) is 0.516. The van der Waals surface area contributed by atoms with Crippen LogP contribution in [0.4, 0.5) is 0 Å².